The van der Waals surface area contributed by atoms with Crippen molar-refractivity contribution in [2.75, 3.05) is 31.3 Å². The van der Waals surface area contributed by atoms with E-state index in [1.165, 1.54) is 6.07 Å². The van der Waals surface area contributed by atoms with E-state index in [1.54, 1.807) is 7.11 Å². The van der Waals surface area contributed by atoms with Crippen LogP contribution < -0.4 is 11.1 Å². The predicted molar refractivity (Wildman–Crippen MR) is 72.5 cm³/mol. The minimum atomic E-state index is -4.36. The third-order valence-corrected chi connectivity index (χ3v) is 3.83. The van der Waals surface area contributed by atoms with Gasteiger partial charge in [0.15, 0.2) is 0 Å². The van der Waals surface area contributed by atoms with Gasteiger partial charge in [-0.2, -0.15) is 13.2 Å². The van der Waals surface area contributed by atoms with E-state index in [0.717, 1.165) is 31.4 Å². The number of nitrogen functional groups attached to an aromatic ring is 1. The van der Waals surface area contributed by atoms with Gasteiger partial charge in [0.05, 0.1) is 16.9 Å². The molecule has 0 saturated heterocycles. The first-order chi connectivity index (χ1) is 9.36. The molecule has 0 unspecified atom stereocenters. The van der Waals surface area contributed by atoms with Crippen LogP contribution in [0.4, 0.5) is 24.5 Å². The minimum absolute atomic E-state index is 0.127. The fourth-order valence-corrected chi connectivity index (χ4v) is 2.19. The first kappa shape index (κ1) is 15.0. The Bertz CT molecular complexity index is 470. The Balaban J connectivity index is 1.97. The van der Waals surface area contributed by atoms with Crippen LogP contribution in [0.25, 0.3) is 0 Å². The van der Waals surface area contributed by atoms with Crippen molar-refractivity contribution in [2.45, 2.75) is 25.4 Å². The molecule has 1 saturated carbocycles. The number of nitrogens with two attached hydrogens (primary N) is 1. The highest BCUT2D eigenvalue weighted by atomic mass is 19.4. The highest BCUT2D eigenvalue weighted by Gasteiger charge is 2.41. The number of benzene rings is 1. The summed E-state index contributed by atoms with van der Waals surface area (Å²) in [7, 11) is 1.66. The number of methoxy groups -OCH3 is 1. The number of rotatable bonds is 6. The van der Waals surface area contributed by atoms with Gasteiger partial charge >= 0.3 is 6.18 Å². The summed E-state index contributed by atoms with van der Waals surface area (Å²) in [4.78, 5) is 0. The molecule has 1 aliphatic carbocycles. The Labute approximate surface area is 116 Å². The zero-order valence-electron chi connectivity index (χ0n) is 11.4. The van der Waals surface area contributed by atoms with E-state index in [-0.39, 0.29) is 11.1 Å². The van der Waals surface area contributed by atoms with Crippen LogP contribution in [-0.4, -0.2) is 20.3 Å². The van der Waals surface area contributed by atoms with Crippen LogP contribution in [0.2, 0.25) is 0 Å². The number of halogens is 3. The molecule has 1 aromatic rings. The van der Waals surface area contributed by atoms with E-state index in [4.69, 9.17) is 10.5 Å². The van der Waals surface area contributed by atoms with E-state index < -0.39 is 11.7 Å². The summed E-state index contributed by atoms with van der Waals surface area (Å²) < 4.78 is 42.7. The van der Waals surface area contributed by atoms with E-state index in [0.29, 0.717) is 18.8 Å². The van der Waals surface area contributed by atoms with Crippen molar-refractivity contribution >= 4 is 11.4 Å². The average Bonchev–Trinajstić information content (AvgIpc) is 3.14. The first-order valence-corrected chi connectivity index (χ1v) is 6.56. The Morgan fingerprint density at radius 2 is 2.05 bits per heavy atom. The molecular weight excluding hydrogens is 269 g/mol. The molecule has 1 aromatic carbocycles. The monoisotopic (exact) mass is 288 g/mol. The lowest BCUT2D eigenvalue weighted by Gasteiger charge is -2.18. The predicted octanol–water partition coefficient (Wildman–Crippen LogP) is 3.52. The second kappa shape index (κ2) is 5.52. The molecule has 0 atom stereocenters. The summed E-state index contributed by atoms with van der Waals surface area (Å²) in [6.07, 6.45) is -1.17. The lowest BCUT2D eigenvalue weighted by Crippen LogP contribution is -2.18. The minimum Gasteiger partial charge on any atom is -0.397 e. The van der Waals surface area contributed by atoms with Gasteiger partial charge in [0.2, 0.25) is 0 Å². The molecule has 3 N–H and O–H groups in total. The van der Waals surface area contributed by atoms with Gasteiger partial charge in [0.1, 0.15) is 0 Å². The second-order valence-corrected chi connectivity index (χ2v) is 5.40. The summed E-state index contributed by atoms with van der Waals surface area (Å²) in [6, 6.07) is 3.41. The van der Waals surface area contributed by atoms with Crippen LogP contribution >= 0.6 is 0 Å². The fourth-order valence-electron chi connectivity index (χ4n) is 2.19. The van der Waals surface area contributed by atoms with Crippen molar-refractivity contribution in [3.05, 3.63) is 23.8 Å². The van der Waals surface area contributed by atoms with Crippen molar-refractivity contribution < 1.29 is 17.9 Å². The Hall–Kier alpha value is -1.43. The van der Waals surface area contributed by atoms with E-state index in [2.05, 4.69) is 5.32 Å². The Morgan fingerprint density at radius 3 is 2.55 bits per heavy atom. The van der Waals surface area contributed by atoms with Gasteiger partial charge in [-0.3, -0.25) is 0 Å². The normalized spacial score (nSPS) is 17.0. The highest BCUT2D eigenvalue weighted by molar-refractivity contribution is 5.67. The lowest BCUT2D eigenvalue weighted by atomic mass is 10.0. The van der Waals surface area contributed by atoms with Crippen molar-refractivity contribution in [1.29, 1.82) is 0 Å². The van der Waals surface area contributed by atoms with E-state index >= 15 is 0 Å². The molecule has 0 spiro atoms. The van der Waals surface area contributed by atoms with Gasteiger partial charge in [0, 0.05) is 20.3 Å². The van der Waals surface area contributed by atoms with Crippen LogP contribution in [0, 0.1) is 5.41 Å². The second-order valence-electron chi connectivity index (χ2n) is 5.40. The van der Waals surface area contributed by atoms with Crippen LogP contribution in [0.3, 0.4) is 0 Å². The first-order valence-electron chi connectivity index (χ1n) is 6.56. The smallest absolute Gasteiger partial charge is 0.397 e. The van der Waals surface area contributed by atoms with Crippen LogP contribution in [0.15, 0.2) is 18.2 Å². The zero-order chi connectivity index (χ0) is 14.8. The molecule has 0 bridgehead atoms. The van der Waals surface area contributed by atoms with Crippen molar-refractivity contribution in [3.8, 4) is 0 Å². The number of hydrogen-bond acceptors (Lipinski definition) is 3. The summed E-state index contributed by atoms with van der Waals surface area (Å²) in [5, 5.41) is 3.16. The van der Waals surface area contributed by atoms with Crippen molar-refractivity contribution in [2.24, 2.45) is 5.41 Å². The van der Waals surface area contributed by atoms with E-state index in [1.807, 2.05) is 0 Å². The molecule has 6 heteroatoms. The summed E-state index contributed by atoms with van der Waals surface area (Å²) in [6.45, 7) is 1.41. The highest BCUT2D eigenvalue weighted by Crippen LogP contribution is 2.49. The molecule has 0 amide bonds. The maximum atomic E-state index is 12.5. The largest absolute Gasteiger partial charge is 0.416 e. The molecule has 1 aliphatic rings. The fraction of sp³-hybridized carbons (Fsp3) is 0.571. The van der Waals surface area contributed by atoms with Crippen LogP contribution in [-0.2, 0) is 10.9 Å². The van der Waals surface area contributed by atoms with Crippen LogP contribution in [0.5, 0.6) is 0 Å². The molecule has 0 heterocycles. The average molecular weight is 288 g/mol. The molecule has 1 fully saturated rings. The molecule has 20 heavy (non-hydrogen) atoms. The maximum Gasteiger partial charge on any atom is 0.416 e. The Morgan fingerprint density at radius 1 is 1.35 bits per heavy atom. The third-order valence-electron chi connectivity index (χ3n) is 3.83. The molecule has 2 rings (SSSR count). The topological polar surface area (TPSA) is 47.3 Å². The van der Waals surface area contributed by atoms with E-state index in [9.17, 15) is 13.2 Å². The van der Waals surface area contributed by atoms with Crippen molar-refractivity contribution in [3.63, 3.8) is 0 Å². The summed E-state index contributed by atoms with van der Waals surface area (Å²) >= 11 is 0. The number of nitrogens with one attached hydrogen (secondary N) is 1. The summed E-state index contributed by atoms with van der Waals surface area (Å²) in [5.74, 6) is 0. The summed E-state index contributed by atoms with van der Waals surface area (Å²) in [5.41, 5.74) is 5.86. The van der Waals surface area contributed by atoms with Crippen molar-refractivity contribution in [1.82, 2.24) is 0 Å². The van der Waals surface area contributed by atoms with Gasteiger partial charge in [-0.1, -0.05) is 0 Å². The molecule has 3 nitrogen and oxygen atoms in total. The standard InChI is InChI=1S/C14H19F3N2O/c1-20-7-6-13(4-5-13)9-19-12-3-2-10(8-11(12)18)14(15,16)17/h2-3,8,19H,4-7,9,18H2,1H3. The quantitative estimate of drug-likeness (QED) is 0.787. The molecule has 0 aliphatic heterocycles. The van der Waals surface area contributed by atoms with Gasteiger partial charge in [0.25, 0.3) is 0 Å². The van der Waals surface area contributed by atoms with Gasteiger partial charge in [-0.15, -0.1) is 0 Å². The Kier molecular flexibility index (Phi) is 4.13. The molecule has 0 radical (unpaired) electrons. The molecule has 112 valence electrons. The third kappa shape index (κ3) is 3.56. The van der Waals surface area contributed by atoms with Gasteiger partial charge in [-0.25, -0.2) is 0 Å². The maximum absolute atomic E-state index is 12.5. The number of alkyl halides is 3. The number of ether oxygens (including phenoxy) is 1. The van der Waals surface area contributed by atoms with Gasteiger partial charge < -0.3 is 15.8 Å². The van der Waals surface area contributed by atoms with Gasteiger partial charge in [-0.05, 0) is 42.9 Å². The van der Waals surface area contributed by atoms with Crippen LogP contribution in [0.1, 0.15) is 24.8 Å². The molecule has 0 aromatic heterocycles. The number of hydrogen-bond donors (Lipinski definition) is 2. The lowest BCUT2D eigenvalue weighted by molar-refractivity contribution is -0.137. The SMILES string of the molecule is COCCC1(CNc2ccc(C(F)(F)F)cc2N)CC1. The zero-order valence-corrected chi connectivity index (χ0v) is 11.4. The number of anilines is 2. The molecular formula is C14H19F3N2O.